The molecule has 138 valence electrons. The van der Waals surface area contributed by atoms with Gasteiger partial charge in [0.05, 0.1) is 6.54 Å². The van der Waals surface area contributed by atoms with E-state index in [0.717, 1.165) is 12.1 Å². The number of hydrogen-bond acceptors (Lipinski definition) is 3. The van der Waals surface area contributed by atoms with Gasteiger partial charge in [-0.2, -0.15) is 0 Å². The average Bonchev–Trinajstić information content (AvgIpc) is 2.64. The van der Waals surface area contributed by atoms with E-state index >= 15 is 0 Å². The van der Waals surface area contributed by atoms with Gasteiger partial charge in [-0.1, -0.05) is 23.7 Å². The van der Waals surface area contributed by atoms with Crippen molar-refractivity contribution in [3.05, 3.63) is 64.7 Å². The van der Waals surface area contributed by atoms with Crippen LogP contribution in [-0.2, 0) is 6.54 Å². The maximum Gasteiger partial charge on any atom is 0.251 e. The number of aromatic hydroxyl groups is 1. The van der Waals surface area contributed by atoms with Crippen LogP contribution in [0.2, 0.25) is 5.02 Å². The number of benzene rings is 2. The Bertz CT molecular complexity index is 730. The van der Waals surface area contributed by atoms with Crippen molar-refractivity contribution < 1.29 is 9.90 Å². The second-order valence-corrected chi connectivity index (χ2v) is 5.99. The molecule has 6 nitrogen and oxygen atoms in total. The number of phenolic OH excluding ortho intramolecular Hbond substituents is 1. The summed E-state index contributed by atoms with van der Waals surface area (Å²) in [5, 5.41) is 19.1. The number of nitrogens with one attached hydrogen (secondary N) is 3. The molecule has 1 amide bonds. The van der Waals surface area contributed by atoms with E-state index < -0.39 is 0 Å². The lowest BCUT2D eigenvalue weighted by Crippen LogP contribution is -2.41. The Morgan fingerprint density at radius 3 is 2.31 bits per heavy atom. The van der Waals surface area contributed by atoms with Crippen LogP contribution in [-0.4, -0.2) is 36.6 Å². The first kappa shape index (κ1) is 19.6. The highest BCUT2D eigenvalue weighted by Crippen LogP contribution is 2.10. The first-order chi connectivity index (χ1) is 12.6. The fourth-order valence-electron chi connectivity index (χ4n) is 2.17. The summed E-state index contributed by atoms with van der Waals surface area (Å²) in [6.07, 6.45) is 0. The van der Waals surface area contributed by atoms with Crippen LogP contribution in [0.3, 0.4) is 0 Å². The van der Waals surface area contributed by atoms with Crippen molar-refractivity contribution in [2.24, 2.45) is 4.99 Å². The third-order valence-corrected chi connectivity index (χ3v) is 3.76. The van der Waals surface area contributed by atoms with Gasteiger partial charge in [-0.05, 0) is 48.9 Å². The van der Waals surface area contributed by atoms with Crippen LogP contribution in [0.25, 0.3) is 0 Å². The quantitative estimate of drug-likeness (QED) is 0.341. The van der Waals surface area contributed by atoms with Crippen LogP contribution in [0.15, 0.2) is 53.5 Å². The fraction of sp³-hybridized carbons (Fsp3) is 0.263. The van der Waals surface area contributed by atoms with Gasteiger partial charge in [0.1, 0.15) is 5.75 Å². The van der Waals surface area contributed by atoms with Gasteiger partial charge in [-0.15, -0.1) is 0 Å². The smallest absolute Gasteiger partial charge is 0.251 e. The minimum absolute atomic E-state index is 0.135. The number of carbonyl (C=O) groups is 1. The Morgan fingerprint density at radius 2 is 1.65 bits per heavy atom. The molecule has 0 aromatic heterocycles. The summed E-state index contributed by atoms with van der Waals surface area (Å²) < 4.78 is 0. The zero-order valence-electron chi connectivity index (χ0n) is 14.6. The SMILES string of the molecule is CCNC(=NCc1ccc(Cl)cc1)NCCNC(=O)c1ccc(O)cc1. The average molecular weight is 375 g/mol. The molecular formula is C19H23ClN4O2. The Kier molecular flexibility index (Phi) is 7.76. The molecule has 0 aliphatic carbocycles. The summed E-state index contributed by atoms with van der Waals surface area (Å²) >= 11 is 5.88. The predicted molar refractivity (Wildman–Crippen MR) is 105 cm³/mol. The summed E-state index contributed by atoms with van der Waals surface area (Å²) in [4.78, 5) is 16.5. The van der Waals surface area contributed by atoms with Crippen molar-refractivity contribution in [2.45, 2.75) is 13.5 Å². The van der Waals surface area contributed by atoms with Crippen LogP contribution in [0.4, 0.5) is 0 Å². The van der Waals surface area contributed by atoms with Gasteiger partial charge in [-0.3, -0.25) is 4.79 Å². The summed E-state index contributed by atoms with van der Waals surface area (Å²) in [6.45, 7) is 4.26. The second kappa shape index (κ2) is 10.3. The molecule has 7 heteroatoms. The molecule has 2 aromatic carbocycles. The van der Waals surface area contributed by atoms with Gasteiger partial charge >= 0.3 is 0 Å². The molecule has 0 bridgehead atoms. The zero-order valence-corrected chi connectivity index (χ0v) is 15.4. The van der Waals surface area contributed by atoms with Gasteiger partial charge in [0.15, 0.2) is 5.96 Å². The van der Waals surface area contributed by atoms with Crippen LogP contribution < -0.4 is 16.0 Å². The van der Waals surface area contributed by atoms with E-state index in [4.69, 9.17) is 11.6 Å². The van der Waals surface area contributed by atoms with E-state index in [9.17, 15) is 9.90 Å². The number of rotatable bonds is 7. The first-order valence-corrected chi connectivity index (χ1v) is 8.80. The number of carbonyl (C=O) groups excluding carboxylic acids is 1. The minimum atomic E-state index is -0.185. The largest absolute Gasteiger partial charge is 0.508 e. The zero-order chi connectivity index (χ0) is 18.8. The van der Waals surface area contributed by atoms with Gasteiger partial charge in [-0.25, -0.2) is 4.99 Å². The molecule has 0 heterocycles. The summed E-state index contributed by atoms with van der Waals surface area (Å²) in [5.74, 6) is 0.631. The minimum Gasteiger partial charge on any atom is -0.508 e. The molecule has 0 fully saturated rings. The molecule has 0 aliphatic heterocycles. The Hall–Kier alpha value is -2.73. The van der Waals surface area contributed by atoms with Crippen LogP contribution in [0, 0.1) is 0 Å². The monoisotopic (exact) mass is 374 g/mol. The summed E-state index contributed by atoms with van der Waals surface area (Å²) in [7, 11) is 0. The number of halogens is 1. The lowest BCUT2D eigenvalue weighted by molar-refractivity contribution is 0.0954. The Balaban J connectivity index is 1.78. The molecule has 0 radical (unpaired) electrons. The predicted octanol–water partition coefficient (Wildman–Crippen LogP) is 2.53. The molecule has 26 heavy (non-hydrogen) atoms. The second-order valence-electron chi connectivity index (χ2n) is 5.55. The van der Waals surface area contributed by atoms with Gasteiger partial charge in [0, 0.05) is 30.2 Å². The highest BCUT2D eigenvalue weighted by Gasteiger charge is 2.04. The van der Waals surface area contributed by atoms with Gasteiger partial charge < -0.3 is 21.1 Å². The number of guanidine groups is 1. The molecule has 0 saturated heterocycles. The third kappa shape index (κ3) is 6.64. The van der Waals surface area contributed by atoms with Crippen molar-refractivity contribution in [1.29, 1.82) is 0 Å². The fourth-order valence-corrected chi connectivity index (χ4v) is 2.30. The molecule has 0 spiro atoms. The van der Waals surface area contributed by atoms with Crippen LogP contribution >= 0.6 is 11.6 Å². The topological polar surface area (TPSA) is 85.8 Å². The van der Waals surface area contributed by atoms with Crippen molar-refractivity contribution >= 4 is 23.5 Å². The maximum absolute atomic E-state index is 12.0. The van der Waals surface area contributed by atoms with Crippen molar-refractivity contribution in [3.63, 3.8) is 0 Å². The number of aliphatic imine (C=N–C) groups is 1. The first-order valence-electron chi connectivity index (χ1n) is 8.42. The van der Waals surface area contributed by atoms with Crippen LogP contribution in [0.5, 0.6) is 5.75 Å². The molecular weight excluding hydrogens is 352 g/mol. The van der Waals surface area contributed by atoms with E-state index in [-0.39, 0.29) is 11.7 Å². The summed E-state index contributed by atoms with van der Waals surface area (Å²) in [6, 6.07) is 13.7. The normalized spacial score (nSPS) is 11.1. The maximum atomic E-state index is 12.0. The molecule has 0 saturated carbocycles. The third-order valence-electron chi connectivity index (χ3n) is 3.51. The van der Waals surface area contributed by atoms with E-state index in [1.165, 1.54) is 12.1 Å². The number of phenols is 1. The molecule has 0 unspecified atom stereocenters. The van der Waals surface area contributed by atoms with Gasteiger partial charge in [0.25, 0.3) is 5.91 Å². The Labute approximate surface area is 158 Å². The lowest BCUT2D eigenvalue weighted by Gasteiger charge is -2.12. The highest BCUT2D eigenvalue weighted by atomic mass is 35.5. The standard InChI is InChI=1S/C19H23ClN4O2/c1-2-21-19(24-13-14-3-7-16(20)8-4-14)23-12-11-22-18(26)15-5-9-17(25)10-6-15/h3-10,25H,2,11-13H2,1H3,(H,22,26)(H2,21,23,24). The van der Waals surface area contributed by atoms with Crippen molar-refractivity contribution in [1.82, 2.24) is 16.0 Å². The number of hydrogen-bond donors (Lipinski definition) is 4. The van der Waals surface area contributed by atoms with E-state index in [1.807, 2.05) is 31.2 Å². The van der Waals surface area contributed by atoms with Crippen molar-refractivity contribution in [3.8, 4) is 5.75 Å². The Morgan fingerprint density at radius 1 is 1.00 bits per heavy atom. The van der Waals surface area contributed by atoms with Crippen LogP contribution in [0.1, 0.15) is 22.8 Å². The van der Waals surface area contributed by atoms with E-state index in [0.29, 0.717) is 36.2 Å². The number of amides is 1. The molecule has 2 rings (SSSR count). The highest BCUT2D eigenvalue weighted by molar-refractivity contribution is 6.30. The molecule has 0 aliphatic rings. The van der Waals surface area contributed by atoms with Crippen molar-refractivity contribution in [2.75, 3.05) is 19.6 Å². The van der Waals surface area contributed by atoms with E-state index in [2.05, 4.69) is 20.9 Å². The number of nitrogens with zero attached hydrogens (tertiary/aromatic N) is 1. The lowest BCUT2D eigenvalue weighted by atomic mass is 10.2. The van der Waals surface area contributed by atoms with E-state index in [1.54, 1.807) is 12.1 Å². The molecule has 4 N–H and O–H groups in total. The van der Waals surface area contributed by atoms with Gasteiger partial charge in [0.2, 0.25) is 0 Å². The molecule has 0 atom stereocenters. The molecule has 2 aromatic rings. The summed E-state index contributed by atoms with van der Waals surface area (Å²) in [5.41, 5.74) is 1.57.